The third-order valence-electron chi connectivity index (χ3n) is 4.09. The molecule has 0 saturated heterocycles. The Morgan fingerprint density at radius 3 is 2.80 bits per heavy atom. The zero-order valence-corrected chi connectivity index (χ0v) is 14.9. The van der Waals surface area contributed by atoms with Crippen LogP contribution in [-0.2, 0) is 22.9 Å². The van der Waals surface area contributed by atoms with Crippen LogP contribution in [0.25, 0.3) is 0 Å². The molecule has 1 aliphatic heterocycles. The average molecular weight is 365 g/mol. The molecule has 1 aliphatic rings. The summed E-state index contributed by atoms with van der Waals surface area (Å²) < 4.78 is 51.5. The van der Waals surface area contributed by atoms with Gasteiger partial charge in [-0.3, -0.25) is 0 Å². The van der Waals surface area contributed by atoms with Crippen LogP contribution in [-0.4, -0.2) is 28.2 Å². The first-order valence-corrected chi connectivity index (χ1v) is 9.48. The summed E-state index contributed by atoms with van der Waals surface area (Å²) in [7, 11) is -2.48. The fraction of sp³-hybridized carbons (Fsp3) is 0.333. The molecule has 0 aromatic heterocycles. The lowest BCUT2D eigenvalue weighted by molar-refractivity contribution is 0.357. The molecule has 3 rings (SSSR count). The molecule has 1 atom stereocenters. The average Bonchev–Trinajstić information content (AvgIpc) is 3.01. The van der Waals surface area contributed by atoms with E-state index < -0.39 is 15.8 Å². The zero-order chi connectivity index (χ0) is 18.0. The molecule has 1 heterocycles. The van der Waals surface area contributed by atoms with E-state index in [4.69, 9.17) is 9.47 Å². The van der Waals surface area contributed by atoms with Crippen LogP contribution in [0.5, 0.6) is 11.5 Å². The van der Waals surface area contributed by atoms with Crippen molar-refractivity contribution in [3.05, 3.63) is 53.3 Å². The van der Waals surface area contributed by atoms with Crippen molar-refractivity contribution in [3.63, 3.8) is 0 Å². The molecule has 25 heavy (non-hydrogen) atoms. The van der Waals surface area contributed by atoms with Crippen LogP contribution in [0.3, 0.4) is 0 Å². The van der Waals surface area contributed by atoms with Gasteiger partial charge in [0.15, 0.2) is 11.6 Å². The molecule has 0 unspecified atom stereocenters. The second-order valence-corrected chi connectivity index (χ2v) is 7.78. The number of benzene rings is 2. The first kappa shape index (κ1) is 17.7. The Labute approximate surface area is 146 Å². The fourth-order valence-electron chi connectivity index (χ4n) is 2.91. The molecule has 0 fully saturated rings. The van der Waals surface area contributed by atoms with Crippen LogP contribution in [0.15, 0.2) is 41.3 Å². The molecule has 5 nitrogen and oxygen atoms in total. The quantitative estimate of drug-likeness (QED) is 0.855. The molecule has 2 aromatic carbocycles. The SMILES string of the molecule is COc1ccc(S(=O)(=O)N[C@H](C)Cc2ccc3c(c2)CCO3)cc1F. The summed E-state index contributed by atoms with van der Waals surface area (Å²) in [5.74, 6) is 0.190. The van der Waals surface area contributed by atoms with E-state index in [-0.39, 0.29) is 16.7 Å². The third kappa shape index (κ3) is 3.93. The highest BCUT2D eigenvalue weighted by molar-refractivity contribution is 7.89. The molecule has 1 N–H and O–H groups in total. The molecule has 0 aliphatic carbocycles. The van der Waals surface area contributed by atoms with Crippen molar-refractivity contribution in [1.82, 2.24) is 4.72 Å². The lowest BCUT2D eigenvalue weighted by Gasteiger charge is -2.15. The Hall–Kier alpha value is -2.12. The van der Waals surface area contributed by atoms with E-state index in [1.165, 1.54) is 19.2 Å². The highest BCUT2D eigenvalue weighted by Gasteiger charge is 2.20. The summed E-state index contributed by atoms with van der Waals surface area (Å²) in [6.45, 7) is 2.46. The monoisotopic (exact) mass is 365 g/mol. The van der Waals surface area contributed by atoms with Gasteiger partial charge in [-0.15, -0.1) is 0 Å². The second-order valence-electron chi connectivity index (χ2n) is 6.06. The predicted octanol–water partition coefficient (Wildman–Crippen LogP) is 2.68. The maximum atomic E-state index is 13.8. The van der Waals surface area contributed by atoms with Gasteiger partial charge in [0, 0.05) is 12.5 Å². The van der Waals surface area contributed by atoms with E-state index in [0.717, 1.165) is 29.4 Å². The van der Waals surface area contributed by atoms with Gasteiger partial charge in [-0.1, -0.05) is 12.1 Å². The number of sulfonamides is 1. The van der Waals surface area contributed by atoms with Crippen LogP contribution >= 0.6 is 0 Å². The molecule has 0 saturated carbocycles. The number of methoxy groups -OCH3 is 1. The van der Waals surface area contributed by atoms with E-state index in [0.29, 0.717) is 13.0 Å². The molecular formula is C18H20FNO4S. The maximum absolute atomic E-state index is 13.8. The first-order chi connectivity index (χ1) is 11.9. The standard InChI is InChI=1S/C18H20FNO4S/c1-12(9-13-3-5-17-14(10-13)7-8-24-17)20-25(21,22)15-4-6-18(23-2)16(19)11-15/h3-6,10-12,20H,7-9H2,1-2H3/t12-/m1/s1. The molecule has 134 valence electrons. The van der Waals surface area contributed by atoms with Crippen molar-refractivity contribution in [1.29, 1.82) is 0 Å². The van der Waals surface area contributed by atoms with Gasteiger partial charge >= 0.3 is 0 Å². The van der Waals surface area contributed by atoms with E-state index in [9.17, 15) is 12.8 Å². The Morgan fingerprint density at radius 2 is 2.08 bits per heavy atom. The lowest BCUT2D eigenvalue weighted by Crippen LogP contribution is -2.34. The Bertz CT molecular complexity index is 883. The number of fused-ring (bicyclic) bond motifs is 1. The largest absolute Gasteiger partial charge is 0.494 e. The molecule has 7 heteroatoms. The van der Waals surface area contributed by atoms with Gasteiger partial charge in [-0.25, -0.2) is 17.5 Å². The second kappa shape index (κ2) is 7.01. The number of nitrogens with one attached hydrogen (secondary N) is 1. The van der Waals surface area contributed by atoms with Gasteiger partial charge in [0.05, 0.1) is 18.6 Å². The van der Waals surface area contributed by atoms with Gasteiger partial charge in [0.2, 0.25) is 10.0 Å². The first-order valence-electron chi connectivity index (χ1n) is 7.99. The fourth-order valence-corrected chi connectivity index (χ4v) is 4.16. The van der Waals surface area contributed by atoms with Crippen molar-refractivity contribution < 1.29 is 22.3 Å². The minimum absolute atomic E-state index is 0.00681. The van der Waals surface area contributed by atoms with Crippen LogP contribution in [0.4, 0.5) is 4.39 Å². The summed E-state index contributed by atoms with van der Waals surface area (Å²) in [4.78, 5) is -0.125. The van der Waals surface area contributed by atoms with Crippen molar-refractivity contribution in [3.8, 4) is 11.5 Å². The van der Waals surface area contributed by atoms with E-state index in [1.807, 2.05) is 18.2 Å². The third-order valence-corrected chi connectivity index (χ3v) is 5.67. The molecule has 2 aromatic rings. The molecular weight excluding hydrogens is 345 g/mol. The summed E-state index contributed by atoms with van der Waals surface area (Å²) in [6.07, 6.45) is 1.40. The van der Waals surface area contributed by atoms with Gasteiger partial charge in [-0.2, -0.15) is 0 Å². The number of rotatable bonds is 6. The number of halogens is 1. The smallest absolute Gasteiger partial charge is 0.240 e. The minimum atomic E-state index is -3.81. The van der Waals surface area contributed by atoms with Crippen LogP contribution in [0.2, 0.25) is 0 Å². The van der Waals surface area contributed by atoms with Crippen LogP contribution in [0.1, 0.15) is 18.1 Å². The topological polar surface area (TPSA) is 64.6 Å². The number of hydrogen-bond acceptors (Lipinski definition) is 4. The lowest BCUT2D eigenvalue weighted by atomic mass is 10.0. The summed E-state index contributed by atoms with van der Waals surface area (Å²) in [5, 5.41) is 0. The molecule has 0 bridgehead atoms. The van der Waals surface area contributed by atoms with Crippen molar-refractivity contribution in [2.75, 3.05) is 13.7 Å². The van der Waals surface area contributed by atoms with E-state index >= 15 is 0 Å². The highest BCUT2D eigenvalue weighted by Crippen LogP contribution is 2.26. The zero-order valence-electron chi connectivity index (χ0n) is 14.1. The van der Waals surface area contributed by atoms with Crippen molar-refractivity contribution in [2.24, 2.45) is 0 Å². The summed E-state index contributed by atoms with van der Waals surface area (Å²) in [5.41, 5.74) is 2.17. The normalized spacial score (nSPS) is 14.7. The maximum Gasteiger partial charge on any atom is 0.240 e. The predicted molar refractivity (Wildman–Crippen MR) is 92.1 cm³/mol. The van der Waals surface area contributed by atoms with E-state index in [1.54, 1.807) is 6.92 Å². The Balaban J connectivity index is 1.71. The molecule has 0 amide bonds. The molecule has 0 radical (unpaired) electrons. The molecule has 0 spiro atoms. The Morgan fingerprint density at radius 1 is 1.28 bits per heavy atom. The van der Waals surface area contributed by atoms with Gasteiger partial charge < -0.3 is 9.47 Å². The Kier molecular flexibility index (Phi) is 4.96. The summed E-state index contributed by atoms with van der Waals surface area (Å²) >= 11 is 0. The van der Waals surface area contributed by atoms with E-state index in [2.05, 4.69) is 4.72 Å². The van der Waals surface area contributed by atoms with Gasteiger partial charge in [-0.05, 0) is 48.7 Å². The van der Waals surface area contributed by atoms with Crippen LogP contribution < -0.4 is 14.2 Å². The van der Waals surface area contributed by atoms with Gasteiger partial charge in [0.1, 0.15) is 5.75 Å². The van der Waals surface area contributed by atoms with Crippen molar-refractivity contribution >= 4 is 10.0 Å². The van der Waals surface area contributed by atoms with Gasteiger partial charge in [0.25, 0.3) is 0 Å². The number of ether oxygens (including phenoxy) is 2. The van der Waals surface area contributed by atoms with Crippen molar-refractivity contribution in [2.45, 2.75) is 30.7 Å². The van der Waals surface area contributed by atoms with Crippen LogP contribution in [0, 0.1) is 5.82 Å². The minimum Gasteiger partial charge on any atom is -0.494 e. The highest BCUT2D eigenvalue weighted by atomic mass is 32.2. The number of hydrogen-bond donors (Lipinski definition) is 1. The summed E-state index contributed by atoms with van der Waals surface area (Å²) in [6, 6.07) is 9.13.